The van der Waals surface area contributed by atoms with Gasteiger partial charge in [0, 0.05) is 13.0 Å². The number of nitrogens with zero attached hydrogens (tertiary/aromatic N) is 2. The second-order valence-electron chi connectivity index (χ2n) is 8.86. The van der Waals surface area contributed by atoms with Gasteiger partial charge in [-0.15, -0.1) is 0 Å². The summed E-state index contributed by atoms with van der Waals surface area (Å²) >= 11 is 0. The Hall–Kier alpha value is -1.74. The van der Waals surface area contributed by atoms with Gasteiger partial charge in [-0.05, 0) is 37.7 Å². The van der Waals surface area contributed by atoms with Gasteiger partial charge in [0.1, 0.15) is 18.2 Å². The number of hydrogen-bond acceptors (Lipinski definition) is 4. The first-order valence-corrected chi connectivity index (χ1v) is 11.5. The highest BCUT2D eigenvalue weighted by molar-refractivity contribution is 5.71. The molecule has 0 saturated carbocycles. The Balaban J connectivity index is 1.65. The molecule has 1 fully saturated rings. The lowest BCUT2D eigenvalue weighted by Crippen LogP contribution is -2.46. The van der Waals surface area contributed by atoms with Crippen molar-refractivity contribution in [2.24, 2.45) is 0 Å². The number of alkyl halides is 3. The molecule has 31 heavy (non-hydrogen) atoms. The summed E-state index contributed by atoms with van der Waals surface area (Å²) in [5.74, 6) is 0.228. The molecule has 1 saturated heterocycles. The molecule has 0 aromatic carbocycles. The zero-order valence-corrected chi connectivity index (χ0v) is 18.6. The maximum atomic E-state index is 13.3. The number of quaternary nitrogens is 1. The van der Waals surface area contributed by atoms with Gasteiger partial charge in [0.05, 0.1) is 24.2 Å². The average Bonchev–Trinajstić information content (AvgIpc) is 3.30. The Kier molecular flexibility index (Phi) is 7.25. The molecule has 9 heteroatoms. The number of fused-ring (bicyclic) bond motifs is 1. The lowest BCUT2D eigenvalue weighted by Gasteiger charge is -2.27. The molecule has 1 amide bonds. The average molecular weight is 444 g/mol. The number of rotatable bonds is 10. The molecule has 2 N–H and O–H groups in total. The summed E-state index contributed by atoms with van der Waals surface area (Å²) in [5, 5.41) is 9.09. The van der Waals surface area contributed by atoms with E-state index in [-0.39, 0.29) is 29.6 Å². The van der Waals surface area contributed by atoms with Crippen LogP contribution in [-0.2, 0) is 17.4 Å². The topological polar surface area (TPSA) is 74.8 Å². The lowest BCUT2D eigenvalue weighted by molar-refractivity contribution is -0.765. The van der Waals surface area contributed by atoms with Gasteiger partial charge in [0.15, 0.2) is 0 Å². The van der Waals surface area contributed by atoms with E-state index >= 15 is 0 Å². The van der Waals surface area contributed by atoms with Crippen LogP contribution >= 0.6 is 0 Å². The van der Waals surface area contributed by atoms with Gasteiger partial charge < -0.3 is 5.32 Å². The molecular weight excluding hydrogens is 409 g/mol. The molecule has 174 valence electrons. The Labute approximate surface area is 181 Å². The van der Waals surface area contributed by atoms with E-state index in [2.05, 4.69) is 31.2 Å². The highest BCUT2D eigenvalue weighted by Crippen LogP contribution is 2.42. The fourth-order valence-corrected chi connectivity index (χ4v) is 5.49. The molecule has 1 aromatic rings. The van der Waals surface area contributed by atoms with Crippen LogP contribution in [0.5, 0.6) is 0 Å². The number of hydrogen-bond donors (Lipinski definition) is 2. The van der Waals surface area contributed by atoms with Crippen molar-refractivity contribution in [3.63, 3.8) is 0 Å². The molecule has 2 aliphatic rings. The van der Waals surface area contributed by atoms with E-state index in [9.17, 15) is 22.8 Å². The molecule has 0 bridgehead atoms. The molecule has 3 atom stereocenters. The third-order valence-electron chi connectivity index (χ3n) is 7.12. The van der Waals surface area contributed by atoms with E-state index in [0.29, 0.717) is 36.0 Å². The van der Waals surface area contributed by atoms with Gasteiger partial charge in [-0.3, -0.25) is 4.79 Å². The van der Waals surface area contributed by atoms with Crippen molar-refractivity contribution in [1.29, 1.82) is 0 Å². The first-order chi connectivity index (χ1) is 14.7. The first kappa shape index (κ1) is 23.9. The first-order valence-electron chi connectivity index (χ1n) is 11.5. The number of carbonyl (C=O) groups is 1. The maximum absolute atomic E-state index is 13.3. The summed E-state index contributed by atoms with van der Waals surface area (Å²) in [5.41, 5.74) is -2.11. The van der Waals surface area contributed by atoms with Crippen LogP contribution in [0.4, 0.5) is 13.2 Å². The summed E-state index contributed by atoms with van der Waals surface area (Å²) in [6, 6.07) is 0.362. The van der Waals surface area contributed by atoms with Gasteiger partial charge >= 0.3 is 12.1 Å². The zero-order chi connectivity index (χ0) is 22.8. The fourth-order valence-electron chi connectivity index (χ4n) is 5.49. The molecule has 0 spiro atoms. The van der Waals surface area contributed by atoms with Gasteiger partial charge in [-0.2, -0.15) is 18.3 Å². The number of unbranched alkanes of at least 4 members (excludes halogenated alkanes) is 1. The predicted octanol–water partition coefficient (Wildman–Crippen LogP) is 3.86. The number of halogens is 3. The predicted molar refractivity (Wildman–Crippen MR) is 111 cm³/mol. The van der Waals surface area contributed by atoms with E-state index in [1.165, 1.54) is 0 Å². The minimum Gasteiger partial charge on any atom is -0.308 e. The molecule has 3 unspecified atom stereocenters. The highest BCUT2D eigenvalue weighted by atomic mass is 19.4. The van der Waals surface area contributed by atoms with Crippen molar-refractivity contribution in [2.45, 2.75) is 96.4 Å². The minimum absolute atomic E-state index is 0.0221. The minimum atomic E-state index is -4.70. The Morgan fingerprint density at radius 3 is 2.61 bits per heavy atom. The second kappa shape index (κ2) is 9.40. The molecule has 3 rings (SSSR count). The van der Waals surface area contributed by atoms with Crippen LogP contribution in [0.1, 0.15) is 88.6 Å². The molecule has 1 aromatic heterocycles. The highest BCUT2D eigenvalue weighted by Gasteiger charge is 2.62. The molecular formula is C22H34F3N4O2+. The number of H-pyrrole nitrogens is 1. The monoisotopic (exact) mass is 443 g/mol. The van der Waals surface area contributed by atoms with Crippen LogP contribution in [-0.4, -0.2) is 45.8 Å². The number of carbonyl (C=O) groups excluding carboxylic acids is 1. The summed E-state index contributed by atoms with van der Waals surface area (Å²) in [7, 11) is 0. The molecule has 6 nitrogen and oxygen atoms in total. The van der Waals surface area contributed by atoms with Gasteiger partial charge in [0.25, 0.3) is 5.56 Å². The summed E-state index contributed by atoms with van der Waals surface area (Å²) in [6.07, 6.45) is 1.47. The summed E-state index contributed by atoms with van der Waals surface area (Å²) in [4.78, 5) is 24.9. The Bertz CT molecular complexity index is 850. The fraction of sp³-hybridized carbons (Fsp3) is 0.773. The second-order valence-corrected chi connectivity index (χ2v) is 8.86. The number of nitrogens with one attached hydrogen (secondary N) is 2. The van der Waals surface area contributed by atoms with Gasteiger partial charge in [0.2, 0.25) is 0 Å². The van der Waals surface area contributed by atoms with Crippen molar-refractivity contribution in [1.82, 2.24) is 15.5 Å². The largest absolute Gasteiger partial charge is 0.422 e. The van der Waals surface area contributed by atoms with Crippen molar-refractivity contribution < 1.29 is 22.4 Å². The van der Waals surface area contributed by atoms with E-state index in [1.54, 1.807) is 0 Å². The Morgan fingerprint density at radius 1 is 1.29 bits per heavy atom. The standard InChI is InChI=1S/C22H33F3N4O2/c1-4-7-8-15-13-29(15,14(5-2)6-3)18(30)11-12-26-17-10-9-16-19(22(23,24)25)21(31)28-27-20(16)17/h14-15,17,26H,4-13H2,1-3H3/p+1. The van der Waals surface area contributed by atoms with E-state index < -0.39 is 17.3 Å². The van der Waals surface area contributed by atoms with Crippen LogP contribution in [0.15, 0.2) is 4.79 Å². The van der Waals surface area contributed by atoms with Crippen LogP contribution < -0.4 is 10.9 Å². The summed E-state index contributed by atoms with van der Waals surface area (Å²) in [6.45, 7) is 7.73. The SMILES string of the molecule is CCCCC1C[N+]1(C(=O)CCNC1CCc2c1n[nH]c(=O)c2C(F)(F)F)C(CC)CC. The van der Waals surface area contributed by atoms with Crippen molar-refractivity contribution in [3.05, 3.63) is 27.2 Å². The third-order valence-corrected chi connectivity index (χ3v) is 7.12. The quantitative estimate of drug-likeness (QED) is 0.425. The van der Waals surface area contributed by atoms with Crippen LogP contribution in [0, 0.1) is 0 Å². The van der Waals surface area contributed by atoms with E-state index in [4.69, 9.17) is 0 Å². The van der Waals surface area contributed by atoms with Crippen molar-refractivity contribution >= 4 is 5.91 Å². The molecule has 1 aliphatic carbocycles. The Morgan fingerprint density at radius 2 is 2.00 bits per heavy atom. The van der Waals surface area contributed by atoms with Gasteiger partial charge in [-0.25, -0.2) is 14.4 Å². The number of aromatic nitrogens is 2. The van der Waals surface area contributed by atoms with E-state index in [0.717, 1.165) is 38.6 Å². The summed E-state index contributed by atoms with van der Waals surface area (Å²) < 4.78 is 40.4. The lowest BCUT2D eigenvalue weighted by atomic mass is 10.1. The van der Waals surface area contributed by atoms with Gasteiger partial charge in [-0.1, -0.05) is 27.2 Å². The molecule has 2 heterocycles. The number of aromatic amines is 1. The zero-order valence-electron chi connectivity index (χ0n) is 18.6. The third kappa shape index (κ3) is 4.58. The molecule has 1 aliphatic heterocycles. The normalized spacial score (nSPS) is 25.1. The number of amides is 1. The van der Waals surface area contributed by atoms with Crippen LogP contribution in [0.25, 0.3) is 0 Å². The smallest absolute Gasteiger partial charge is 0.308 e. The van der Waals surface area contributed by atoms with Crippen molar-refractivity contribution in [3.8, 4) is 0 Å². The van der Waals surface area contributed by atoms with Crippen LogP contribution in [0.3, 0.4) is 0 Å². The molecule has 0 radical (unpaired) electrons. The van der Waals surface area contributed by atoms with Crippen molar-refractivity contribution in [2.75, 3.05) is 13.1 Å². The van der Waals surface area contributed by atoms with E-state index in [1.807, 2.05) is 5.10 Å². The maximum Gasteiger partial charge on any atom is 0.422 e. The van der Waals surface area contributed by atoms with Crippen LogP contribution in [0.2, 0.25) is 0 Å².